The molecule has 10 heteroatoms. The minimum absolute atomic E-state index is 0.0606. The Balaban J connectivity index is 1.78. The Bertz CT molecular complexity index is 1040. The summed E-state index contributed by atoms with van der Waals surface area (Å²) in [5, 5.41) is 12.3. The van der Waals surface area contributed by atoms with Gasteiger partial charge in [-0.05, 0) is 42.0 Å². The quantitative estimate of drug-likeness (QED) is 0.397. The van der Waals surface area contributed by atoms with Crippen molar-refractivity contribution in [2.75, 3.05) is 19.0 Å². The number of halogens is 3. The van der Waals surface area contributed by atoms with Crippen LogP contribution in [-0.2, 0) is 6.61 Å². The van der Waals surface area contributed by atoms with Crippen molar-refractivity contribution >= 4 is 58.9 Å². The Morgan fingerprint density at radius 3 is 2.43 bits per heavy atom. The molecule has 0 saturated heterocycles. The van der Waals surface area contributed by atoms with Crippen LogP contribution >= 0.6 is 47.0 Å². The maximum atomic E-state index is 6.14. The maximum absolute atomic E-state index is 6.14. The normalized spacial score (nSPS) is 11.2. The van der Waals surface area contributed by atoms with E-state index in [4.69, 9.17) is 51.8 Å². The summed E-state index contributed by atoms with van der Waals surface area (Å²) in [5.74, 6) is 0.782. The van der Waals surface area contributed by atoms with Crippen molar-refractivity contribution in [3.05, 3.63) is 67.6 Å². The number of hydrogen-bond donors (Lipinski definition) is 1. The van der Waals surface area contributed by atoms with Crippen LogP contribution in [-0.4, -0.2) is 35.2 Å². The van der Waals surface area contributed by atoms with Crippen molar-refractivity contribution in [1.29, 1.82) is 0 Å². The molecule has 0 unspecified atom stereocenters. The predicted octanol–water partition coefficient (Wildman–Crippen LogP) is 5.43. The second kappa shape index (κ2) is 8.96. The third-order valence-electron chi connectivity index (χ3n) is 3.76. The average molecular weight is 457 g/mol. The van der Waals surface area contributed by atoms with Crippen LogP contribution in [0.1, 0.15) is 11.4 Å². The molecule has 0 aliphatic rings. The molecule has 6 nitrogen and oxygen atoms in total. The summed E-state index contributed by atoms with van der Waals surface area (Å²) < 4.78 is 7.53. The lowest BCUT2D eigenvalue weighted by molar-refractivity contribution is 0.291. The van der Waals surface area contributed by atoms with Crippen molar-refractivity contribution in [3.63, 3.8) is 0 Å². The fraction of sp³-hybridized carbons (Fsp3) is 0.167. The van der Waals surface area contributed by atoms with Gasteiger partial charge in [0.25, 0.3) is 0 Å². The molecule has 3 aromatic rings. The highest BCUT2D eigenvalue weighted by Gasteiger charge is 2.12. The fourth-order valence-electron chi connectivity index (χ4n) is 2.32. The molecule has 2 aromatic carbocycles. The van der Waals surface area contributed by atoms with Crippen LogP contribution in [0.3, 0.4) is 0 Å². The van der Waals surface area contributed by atoms with Gasteiger partial charge in [0.1, 0.15) is 6.61 Å². The molecule has 28 heavy (non-hydrogen) atoms. The van der Waals surface area contributed by atoms with Gasteiger partial charge >= 0.3 is 0 Å². The van der Waals surface area contributed by atoms with Crippen molar-refractivity contribution in [2.45, 2.75) is 6.61 Å². The number of aromatic nitrogens is 3. The van der Waals surface area contributed by atoms with Gasteiger partial charge in [-0.3, -0.25) is 0 Å². The third kappa shape index (κ3) is 4.86. The van der Waals surface area contributed by atoms with E-state index >= 15 is 0 Å². The van der Waals surface area contributed by atoms with E-state index in [0.717, 1.165) is 11.3 Å². The predicted molar refractivity (Wildman–Crippen MR) is 117 cm³/mol. The number of hydrogen-bond acceptors (Lipinski definition) is 5. The van der Waals surface area contributed by atoms with Crippen LogP contribution in [0.15, 0.2) is 41.5 Å². The number of nitrogens with one attached hydrogen (secondary N) is 1. The van der Waals surface area contributed by atoms with E-state index in [9.17, 15) is 0 Å². The summed E-state index contributed by atoms with van der Waals surface area (Å²) >= 11 is 23.4. The lowest BCUT2D eigenvalue weighted by Crippen LogP contribution is -2.08. The number of aromatic amines is 1. The van der Waals surface area contributed by atoms with Gasteiger partial charge in [0, 0.05) is 24.8 Å². The van der Waals surface area contributed by atoms with Crippen molar-refractivity contribution in [1.82, 2.24) is 14.9 Å². The van der Waals surface area contributed by atoms with E-state index in [-0.39, 0.29) is 6.61 Å². The average Bonchev–Trinajstić information content (AvgIpc) is 2.99. The second-order valence-corrected chi connectivity index (χ2v) is 7.61. The van der Waals surface area contributed by atoms with Gasteiger partial charge in [0.15, 0.2) is 11.6 Å². The largest absolute Gasteiger partial charge is 0.482 e. The van der Waals surface area contributed by atoms with Gasteiger partial charge in [0.2, 0.25) is 4.77 Å². The molecule has 0 fully saturated rings. The van der Waals surface area contributed by atoms with Gasteiger partial charge in [0.05, 0.1) is 16.3 Å². The number of rotatable bonds is 6. The van der Waals surface area contributed by atoms with Crippen LogP contribution in [0, 0.1) is 4.77 Å². The zero-order chi connectivity index (χ0) is 20.3. The standard InChI is InChI=1S/C18H16Cl3N5OS/c1-25(2)13-5-3-11(4-6-13)9-22-26-16(23-24-18(26)28)10-27-17-14(20)7-12(19)8-15(17)21/h3-9H,10H2,1-2H3,(H,24,28)/b22-9+. The van der Waals surface area contributed by atoms with Crippen LogP contribution in [0.2, 0.25) is 15.1 Å². The number of H-pyrrole nitrogens is 1. The first-order valence-corrected chi connectivity index (χ1v) is 9.64. The molecule has 0 aliphatic heterocycles. The topological polar surface area (TPSA) is 58.4 Å². The Kier molecular flexibility index (Phi) is 6.61. The lowest BCUT2D eigenvalue weighted by Gasteiger charge is -2.11. The molecule has 0 aliphatic carbocycles. The molecule has 0 radical (unpaired) electrons. The van der Waals surface area contributed by atoms with Crippen LogP contribution in [0.25, 0.3) is 0 Å². The van der Waals surface area contributed by atoms with Gasteiger partial charge in [-0.25, -0.2) is 5.10 Å². The molecule has 1 heterocycles. The van der Waals surface area contributed by atoms with Crippen LogP contribution < -0.4 is 9.64 Å². The molecule has 1 aromatic heterocycles. The highest BCUT2D eigenvalue weighted by molar-refractivity contribution is 7.71. The zero-order valence-corrected chi connectivity index (χ0v) is 18.1. The molecule has 0 atom stereocenters. The fourth-order valence-corrected chi connectivity index (χ4v) is 3.45. The van der Waals surface area contributed by atoms with E-state index in [1.807, 2.05) is 43.3 Å². The SMILES string of the molecule is CN(C)c1ccc(/C=N/n2c(COc3c(Cl)cc(Cl)cc3Cl)n[nH]c2=S)cc1. The minimum Gasteiger partial charge on any atom is -0.482 e. The highest BCUT2D eigenvalue weighted by atomic mass is 35.5. The van der Waals surface area contributed by atoms with E-state index in [2.05, 4.69) is 15.3 Å². The Morgan fingerprint density at radius 2 is 1.82 bits per heavy atom. The molecule has 146 valence electrons. The first-order valence-electron chi connectivity index (χ1n) is 8.10. The van der Waals surface area contributed by atoms with Gasteiger partial charge in [-0.15, -0.1) is 0 Å². The van der Waals surface area contributed by atoms with Crippen molar-refractivity contribution < 1.29 is 4.74 Å². The summed E-state index contributed by atoms with van der Waals surface area (Å²) in [6, 6.07) is 11.0. The number of ether oxygens (including phenoxy) is 1. The molecule has 0 bridgehead atoms. The first-order chi connectivity index (χ1) is 13.3. The Labute approximate surface area is 182 Å². The summed E-state index contributed by atoms with van der Waals surface area (Å²) in [4.78, 5) is 2.02. The van der Waals surface area contributed by atoms with E-state index in [1.54, 1.807) is 18.3 Å². The van der Waals surface area contributed by atoms with Gasteiger partial charge < -0.3 is 9.64 Å². The Morgan fingerprint density at radius 1 is 1.18 bits per heavy atom. The molecule has 0 saturated carbocycles. The zero-order valence-electron chi connectivity index (χ0n) is 15.0. The summed E-state index contributed by atoms with van der Waals surface area (Å²) in [7, 11) is 3.97. The summed E-state index contributed by atoms with van der Waals surface area (Å²) in [5.41, 5.74) is 2.02. The van der Waals surface area contributed by atoms with Crippen LogP contribution in [0.5, 0.6) is 5.75 Å². The van der Waals surface area contributed by atoms with Crippen LogP contribution in [0.4, 0.5) is 5.69 Å². The number of benzene rings is 2. The Hall–Kier alpha value is -2.06. The molecule has 3 rings (SSSR count). The maximum Gasteiger partial charge on any atom is 0.216 e. The van der Waals surface area contributed by atoms with E-state index in [0.29, 0.717) is 31.4 Å². The third-order valence-corrected chi connectivity index (χ3v) is 4.80. The molecular weight excluding hydrogens is 441 g/mol. The molecule has 0 spiro atoms. The van der Waals surface area contributed by atoms with E-state index < -0.39 is 0 Å². The van der Waals surface area contributed by atoms with Crippen molar-refractivity contribution in [3.8, 4) is 5.75 Å². The lowest BCUT2D eigenvalue weighted by atomic mass is 10.2. The number of nitrogens with zero attached hydrogens (tertiary/aromatic N) is 4. The summed E-state index contributed by atoms with van der Waals surface area (Å²) in [6.45, 7) is 0.0606. The van der Waals surface area contributed by atoms with Gasteiger partial charge in [-0.1, -0.05) is 46.9 Å². The van der Waals surface area contributed by atoms with E-state index in [1.165, 1.54) is 4.68 Å². The molecular formula is C18H16Cl3N5OS. The van der Waals surface area contributed by atoms with Crippen molar-refractivity contribution in [2.24, 2.45) is 5.10 Å². The smallest absolute Gasteiger partial charge is 0.216 e. The molecule has 0 amide bonds. The first kappa shape index (κ1) is 20.7. The monoisotopic (exact) mass is 455 g/mol. The number of anilines is 1. The summed E-state index contributed by atoms with van der Waals surface area (Å²) in [6.07, 6.45) is 1.69. The second-order valence-electron chi connectivity index (χ2n) is 5.97. The highest BCUT2D eigenvalue weighted by Crippen LogP contribution is 2.36. The van der Waals surface area contributed by atoms with Gasteiger partial charge in [-0.2, -0.15) is 14.9 Å². The minimum atomic E-state index is 0.0606. The molecule has 1 N–H and O–H groups in total.